The van der Waals surface area contributed by atoms with E-state index in [9.17, 15) is 4.79 Å². The molecule has 27 heavy (non-hydrogen) atoms. The molecule has 1 aliphatic rings. The average Bonchev–Trinajstić information content (AvgIpc) is 3.06. The number of para-hydroxylation sites is 3. The summed E-state index contributed by atoms with van der Waals surface area (Å²) in [5.74, 6) is 0.720. The van der Waals surface area contributed by atoms with E-state index in [1.165, 1.54) is 5.69 Å². The maximum atomic E-state index is 13.0. The van der Waals surface area contributed by atoms with E-state index in [2.05, 4.69) is 41.1 Å². The molecule has 1 unspecified atom stereocenters. The minimum absolute atomic E-state index is 0.0236. The largest absolute Gasteiger partial charge is 0.375 e. The molecule has 0 aliphatic carbocycles. The predicted octanol–water partition coefficient (Wildman–Crippen LogP) is 3.28. The number of hydrogen-bond acceptors (Lipinski definition) is 4. The molecule has 1 aliphatic heterocycles. The summed E-state index contributed by atoms with van der Waals surface area (Å²) in [7, 11) is 6.02. The SMILES string of the molecule is CN1CC(CCN(C)c2ccccc2)N(C)c2nc3ccccc3n2C1=O. The van der Waals surface area contributed by atoms with Crippen LogP contribution in [-0.2, 0) is 0 Å². The van der Waals surface area contributed by atoms with Crippen molar-refractivity contribution >= 4 is 28.7 Å². The molecule has 140 valence electrons. The first-order chi connectivity index (χ1) is 13.1. The van der Waals surface area contributed by atoms with Crippen LogP contribution in [0.3, 0.4) is 0 Å². The van der Waals surface area contributed by atoms with Crippen LogP contribution in [-0.4, -0.2) is 60.8 Å². The molecular weight excluding hydrogens is 338 g/mol. The quantitative estimate of drug-likeness (QED) is 0.714. The Kier molecular flexibility index (Phi) is 4.48. The number of carbonyl (C=O) groups excluding carboxylic acids is 1. The van der Waals surface area contributed by atoms with Gasteiger partial charge in [0.1, 0.15) is 0 Å². The van der Waals surface area contributed by atoms with Gasteiger partial charge in [0.05, 0.1) is 17.1 Å². The van der Waals surface area contributed by atoms with E-state index in [4.69, 9.17) is 4.98 Å². The van der Waals surface area contributed by atoms with E-state index in [0.717, 1.165) is 29.9 Å². The first-order valence-electron chi connectivity index (χ1n) is 9.28. The summed E-state index contributed by atoms with van der Waals surface area (Å²) in [4.78, 5) is 23.9. The van der Waals surface area contributed by atoms with Gasteiger partial charge in [0.15, 0.2) is 0 Å². The van der Waals surface area contributed by atoms with E-state index in [0.29, 0.717) is 6.54 Å². The van der Waals surface area contributed by atoms with Gasteiger partial charge in [0.2, 0.25) is 5.95 Å². The van der Waals surface area contributed by atoms with Crippen LogP contribution in [0.5, 0.6) is 0 Å². The molecule has 6 heteroatoms. The van der Waals surface area contributed by atoms with Crippen molar-refractivity contribution in [2.45, 2.75) is 12.5 Å². The van der Waals surface area contributed by atoms with E-state index < -0.39 is 0 Å². The Hall–Kier alpha value is -3.02. The second-order valence-electron chi connectivity index (χ2n) is 7.21. The number of anilines is 2. The summed E-state index contributed by atoms with van der Waals surface area (Å²) in [6, 6.07) is 18.4. The summed E-state index contributed by atoms with van der Waals surface area (Å²) in [6.45, 7) is 1.58. The molecule has 4 rings (SSSR count). The highest BCUT2D eigenvalue weighted by atomic mass is 16.2. The lowest BCUT2D eigenvalue weighted by atomic mass is 10.1. The van der Waals surface area contributed by atoms with Gasteiger partial charge in [0.25, 0.3) is 0 Å². The highest BCUT2D eigenvalue weighted by Crippen LogP contribution is 2.27. The molecule has 0 N–H and O–H groups in total. The Morgan fingerprint density at radius 3 is 2.56 bits per heavy atom. The summed E-state index contributed by atoms with van der Waals surface area (Å²) in [5, 5.41) is 0. The molecule has 6 nitrogen and oxygen atoms in total. The van der Waals surface area contributed by atoms with Gasteiger partial charge in [-0.3, -0.25) is 0 Å². The zero-order valence-electron chi connectivity index (χ0n) is 16.0. The molecule has 1 amide bonds. The van der Waals surface area contributed by atoms with Crippen LogP contribution in [0.4, 0.5) is 16.4 Å². The van der Waals surface area contributed by atoms with E-state index >= 15 is 0 Å². The number of amides is 1. The number of nitrogens with zero attached hydrogens (tertiary/aromatic N) is 5. The smallest absolute Gasteiger partial charge is 0.331 e. The second-order valence-corrected chi connectivity index (χ2v) is 7.21. The first-order valence-corrected chi connectivity index (χ1v) is 9.28. The molecule has 3 aromatic rings. The van der Waals surface area contributed by atoms with Crippen molar-refractivity contribution < 1.29 is 4.79 Å². The summed E-state index contributed by atoms with van der Waals surface area (Å²) >= 11 is 0. The second kappa shape index (κ2) is 6.95. The lowest BCUT2D eigenvalue weighted by Gasteiger charge is -2.30. The molecule has 0 radical (unpaired) electrons. The number of carbonyl (C=O) groups is 1. The third kappa shape index (κ3) is 3.12. The van der Waals surface area contributed by atoms with Crippen LogP contribution in [0.15, 0.2) is 54.6 Å². The Morgan fingerprint density at radius 1 is 1.07 bits per heavy atom. The van der Waals surface area contributed by atoms with Gasteiger partial charge in [0, 0.05) is 39.9 Å². The highest BCUT2D eigenvalue weighted by Gasteiger charge is 2.31. The van der Waals surface area contributed by atoms with Crippen LogP contribution in [0, 0.1) is 0 Å². The standard InChI is InChI=1S/C21H25N5O/c1-23(16-9-5-4-6-10-16)14-13-17-15-24(2)21(27)26-19-12-8-7-11-18(19)22-20(26)25(17)3/h4-12,17H,13-15H2,1-3H3. The number of imidazole rings is 1. The Labute approximate surface area is 159 Å². The van der Waals surface area contributed by atoms with Gasteiger partial charge in [-0.1, -0.05) is 30.3 Å². The number of likely N-dealkylation sites (N-methyl/N-ethyl adjacent to an activating group) is 2. The third-order valence-electron chi connectivity index (χ3n) is 5.40. The van der Waals surface area contributed by atoms with Crippen molar-refractivity contribution in [3.05, 3.63) is 54.6 Å². The van der Waals surface area contributed by atoms with Crippen LogP contribution in [0.2, 0.25) is 0 Å². The molecule has 0 saturated heterocycles. The number of aromatic nitrogens is 2. The van der Waals surface area contributed by atoms with E-state index in [-0.39, 0.29) is 12.1 Å². The number of rotatable bonds is 4. The van der Waals surface area contributed by atoms with E-state index in [1.807, 2.05) is 44.4 Å². The molecule has 0 spiro atoms. The van der Waals surface area contributed by atoms with Crippen molar-refractivity contribution in [1.29, 1.82) is 0 Å². The fourth-order valence-electron chi connectivity index (χ4n) is 3.73. The van der Waals surface area contributed by atoms with Crippen LogP contribution < -0.4 is 9.80 Å². The monoisotopic (exact) mass is 363 g/mol. The minimum atomic E-state index is -0.0236. The Bertz CT molecular complexity index is 952. The molecule has 0 saturated carbocycles. The van der Waals surface area contributed by atoms with Crippen molar-refractivity contribution in [2.75, 3.05) is 44.0 Å². The van der Waals surface area contributed by atoms with E-state index in [1.54, 1.807) is 9.47 Å². The van der Waals surface area contributed by atoms with Gasteiger partial charge in [-0.05, 0) is 30.7 Å². The maximum absolute atomic E-state index is 13.0. The molecule has 1 aromatic heterocycles. The average molecular weight is 363 g/mol. The maximum Gasteiger partial charge on any atom is 0.331 e. The van der Waals surface area contributed by atoms with Crippen molar-refractivity contribution in [3.8, 4) is 0 Å². The lowest BCUT2D eigenvalue weighted by molar-refractivity contribution is 0.211. The fourth-order valence-corrected chi connectivity index (χ4v) is 3.73. The topological polar surface area (TPSA) is 44.6 Å². The van der Waals surface area contributed by atoms with Gasteiger partial charge in [-0.25, -0.2) is 14.3 Å². The summed E-state index contributed by atoms with van der Waals surface area (Å²) in [5.41, 5.74) is 2.91. The first kappa shape index (κ1) is 17.4. The van der Waals surface area contributed by atoms with Gasteiger partial charge < -0.3 is 14.7 Å². The summed E-state index contributed by atoms with van der Waals surface area (Å²) < 4.78 is 1.73. The fraction of sp³-hybridized carbons (Fsp3) is 0.333. The van der Waals surface area contributed by atoms with Gasteiger partial charge in [-0.15, -0.1) is 0 Å². The Balaban J connectivity index is 1.60. The number of hydrogen-bond donors (Lipinski definition) is 0. The van der Waals surface area contributed by atoms with Crippen molar-refractivity contribution in [3.63, 3.8) is 0 Å². The predicted molar refractivity (Wildman–Crippen MR) is 110 cm³/mol. The zero-order chi connectivity index (χ0) is 19.0. The van der Waals surface area contributed by atoms with Gasteiger partial charge in [-0.2, -0.15) is 0 Å². The molecule has 2 aromatic carbocycles. The molecular formula is C21H25N5O. The van der Waals surface area contributed by atoms with Crippen LogP contribution in [0.1, 0.15) is 6.42 Å². The zero-order valence-corrected chi connectivity index (χ0v) is 16.0. The van der Waals surface area contributed by atoms with Crippen molar-refractivity contribution in [1.82, 2.24) is 14.5 Å². The summed E-state index contributed by atoms with van der Waals surface area (Å²) in [6.07, 6.45) is 0.933. The molecule has 1 atom stereocenters. The number of fused-ring (bicyclic) bond motifs is 3. The highest BCUT2D eigenvalue weighted by molar-refractivity contribution is 5.93. The molecule has 2 heterocycles. The van der Waals surface area contributed by atoms with Gasteiger partial charge >= 0.3 is 6.03 Å². The number of benzene rings is 2. The van der Waals surface area contributed by atoms with Crippen LogP contribution in [0.25, 0.3) is 11.0 Å². The molecule has 0 bridgehead atoms. The Morgan fingerprint density at radius 2 is 1.78 bits per heavy atom. The van der Waals surface area contributed by atoms with Crippen molar-refractivity contribution in [2.24, 2.45) is 0 Å². The third-order valence-corrected chi connectivity index (χ3v) is 5.40. The lowest BCUT2D eigenvalue weighted by Crippen LogP contribution is -2.42. The van der Waals surface area contributed by atoms with Crippen LogP contribution >= 0.6 is 0 Å². The molecule has 0 fully saturated rings. The minimum Gasteiger partial charge on any atom is -0.375 e. The normalized spacial score (nSPS) is 17.1.